The van der Waals surface area contributed by atoms with E-state index in [9.17, 15) is 9.90 Å². The monoisotopic (exact) mass is 320 g/mol. The third kappa shape index (κ3) is 2.97. The number of carbonyl (C=O) groups excluding carboxylic acids is 1. The van der Waals surface area contributed by atoms with E-state index in [2.05, 4.69) is 20.4 Å². The van der Waals surface area contributed by atoms with Gasteiger partial charge in [-0.05, 0) is 81.0 Å². The van der Waals surface area contributed by atoms with Crippen molar-refractivity contribution in [1.29, 1.82) is 0 Å². The maximum absolute atomic E-state index is 11.6. The molecule has 3 rings (SSSR count). The Hall–Kier alpha value is -0.830. The van der Waals surface area contributed by atoms with E-state index in [-0.39, 0.29) is 5.92 Å². The Morgan fingerprint density at radius 3 is 2.83 bits per heavy atom. The van der Waals surface area contributed by atoms with Crippen LogP contribution in [0.3, 0.4) is 0 Å². The van der Waals surface area contributed by atoms with E-state index in [4.69, 9.17) is 4.74 Å². The number of esters is 1. The normalized spacial score (nSPS) is 45.5. The summed E-state index contributed by atoms with van der Waals surface area (Å²) in [4.78, 5) is 11.6. The summed E-state index contributed by atoms with van der Waals surface area (Å²) in [6, 6.07) is 0. The Bertz CT molecular complexity index is 495. The van der Waals surface area contributed by atoms with Crippen LogP contribution in [0, 0.1) is 29.1 Å². The van der Waals surface area contributed by atoms with Crippen molar-refractivity contribution in [3.63, 3.8) is 0 Å². The van der Waals surface area contributed by atoms with Gasteiger partial charge < -0.3 is 9.84 Å². The smallest absolute Gasteiger partial charge is 0.337 e. The van der Waals surface area contributed by atoms with Crippen LogP contribution in [-0.2, 0) is 9.53 Å². The lowest BCUT2D eigenvalue weighted by molar-refractivity contribution is -0.177. The number of hydrogen-bond donors (Lipinski definition) is 1. The fourth-order valence-corrected chi connectivity index (χ4v) is 5.99. The van der Waals surface area contributed by atoms with Crippen molar-refractivity contribution in [3.05, 3.63) is 12.2 Å². The molecule has 130 valence electrons. The average molecular weight is 320 g/mol. The Kier molecular flexibility index (Phi) is 4.37. The lowest BCUT2D eigenvalue weighted by Crippen LogP contribution is -2.45. The summed E-state index contributed by atoms with van der Waals surface area (Å²) in [6.45, 7) is 11.2. The highest BCUT2D eigenvalue weighted by atomic mass is 16.6. The summed E-state index contributed by atoms with van der Waals surface area (Å²) in [7, 11) is 0. The second kappa shape index (κ2) is 5.91. The minimum atomic E-state index is -1.30. The van der Waals surface area contributed by atoms with Crippen LogP contribution in [0.2, 0.25) is 0 Å². The van der Waals surface area contributed by atoms with Crippen molar-refractivity contribution < 1.29 is 14.6 Å². The SMILES string of the molecule is C=C1CCC[C@@]2(C)C1CC[C@@H]2[C@H](C)C[C@H]1COC(=O)[C@](C)(O)C1. The molecule has 0 aromatic rings. The molecular weight excluding hydrogens is 288 g/mol. The van der Waals surface area contributed by atoms with Gasteiger partial charge in [-0.15, -0.1) is 0 Å². The lowest BCUT2D eigenvalue weighted by Gasteiger charge is -2.45. The lowest BCUT2D eigenvalue weighted by atomic mass is 9.60. The van der Waals surface area contributed by atoms with Crippen LogP contribution in [-0.4, -0.2) is 23.3 Å². The van der Waals surface area contributed by atoms with Gasteiger partial charge in [0.25, 0.3) is 0 Å². The third-order valence-corrected chi connectivity index (χ3v) is 7.08. The summed E-state index contributed by atoms with van der Waals surface area (Å²) in [6.07, 6.45) is 7.99. The highest BCUT2D eigenvalue weighted by Crippen LogP contribution is 2.59. The predicted octanol–water partition coefficient (Wildman–Crippen LogP) is 4.10. The van der Waals surface area contributed by atoms with Gasteiger partial charge >= 0.3 is 5.97 Å². The summed E-state index contributed by atoms with van der Waals surface area (Å²) >= 11 is 0. The summed E-state index contributed by atoms with van der Waals surface area (Å²) < 4.78 is 5.22. The standard InChI is InChI=1S/C20H32O3/c1-13-6-5-9-19(3)16(13)7-8-17(19)14(2)10-15-11-20(4,22)18(21)23-12-15/h14-17,22H,1,5-12H2,2-4H3/t14-,15-,16?,17-,19+,20-/m1/s1. The van der Waals surface area contributed by atoms with E-state index >= 15 is 0 Å². The molecule has 0 bridgehead atoms. The molecule has 1 saturated heterocycles. The van der Waals surface area contributed by atoms with Gasteiger partial charge in [-0.2, -0.15) is 0 Å². The van der Waals surface area contributed by atoms with Crippen molar-refractivity contribution in [2.24, 2.45) is 29.1 Å². The molecule has 6 atom stereocenters. The number of ether oxygens (including phenoxy) is 1. The fraction of sp³-hybridized carbons (Fsp3) is 0.850. The number of fused-ring (bicyclic) bond motifs is 1. The van der Waals surface area contributed by atoms with Crippen molar-refractivity contribution in [3.8, 4) is 0 Å². The molecule has 1 N–H and O–H groups in total. The Morgan fingerprint density at radius 2 is 2.13 bits per heavy atom. The van der Waals surface area contributed by atoms with Crippen molar-refractivity contribution >= 4 is 5.97 Å². The molecule has 0 spiro atoms. The minimum absolute atomic E-state index is 0.284. The van der Waals surface area contributed by atoms with E-state index in [0.29, 0.717) is 30.3 Å². The second-order valence-electron chi connectivity index (χ2n) is 8.91. The molecule has 3 fully saturated rings. The van der Waals surface area contributed by atoms with Gasteiger partial charge in [-0.3, -0.25) is 0 Å². The molecule has 3 nitrogen and oxygen atoms in total. The number of rotatable bonds is 3. The quantitative estimate of drug-likeness (QED) is 0.629. The van der Waals surface area contributed by atoms with Crippen LogP contribution in [0.5, 0.6) is 0 Å². The van der Waals surface area contributed by atoms with Gasteiger partial charge in [-0.1, -0.05) is 26.0 Å². The third-order valence-electron chi connectivity index (χ3n) is 7.08. The molecule has 0 radical (unpaired) electrons. The molecule has 0 aromatic heterocycles. The zero-order valence-electron chi connectivity index (χ0n) is 14.9. The molecule has 23 heavy (non-hydrogen) atoms. The maximum atomic E-state index is 11.6. The first-order chi connectivity index (χ1) is 10.7. The van der Waals surface area contributed by atoms with E-state index < -0.39 is 11.6 Å². The molecule has 2 saturated carbocycles. The summed E-state index contributed by atoms with van der Waals surface area (Å²) in [5.74, 6) is 1.86. The second-order valence-corrected chi connectivity index (χ2v) is 8.91. The summed E-state index contributed by atoms with van der Waals surface area (Å²) in [5, 5.41) is 10.2. The van der Waals surface area contributed by atoms with Crippen LogP contribution in [0.25, 0.3) is 0 Å². The maximum Gasteiger partial charge on any atom is 0.337 e. The van der Waals surface area contributed by atoms with E-state index in [0.717, 1.165) is 12.3 Å². The van der Waals surface area contributed by atoms with Crippen molar-refractivity contribution in [2.45, 2.75) is 71.3 Å². The van der Waals surface area contributed by atoms with Crippen LogP contribution < -0.4 is 0 Å². The molecule has 3 heteroatoms. The van der Waals surface area contributed by atoms with Gasteiger partial charge in [0, 0.05) is 0 Å². The zero-order chi connectivity index (χ0) is 16.8. The van der Waals surface area contributed by atoms with Crippen LogP contribution in [0.4, 0.5) is 0 Å². The highest BCUT2D eigenvalue weighted by molar-refractivity contribution is 5.79. The molecular formula is C20H32O3. The van der Waals surface area contributed by atoms with Gasteiger partial charge in [0.1, 0.15) is 0 Å². The van der Waals surface area contributed by atoms with Gasteiger partial charge in [0.2, 0.25) is 0 Å². The molecule has 0 amide bonds. The molecule has 1 unspecified atom stereocenters. The first-order valence-corrected chi connectivity index (χ1v) is 9.31. The number of hydrogen-bond acceptors (Lipinski definition) is 3. The largest absolute Gasteiger partial charge is 0.463 e. The first-order valence-electron chi connectivity index (χ1n) is 9.31. The van der Waals surface area contributed by atoms with Crippen LogP contribution >= 0.6 is 0 Å². The van der Waals surface area contributed by atoms with Crippen molar-refractivity contribution in [1.82, 2.24) is 0 Å². The molecule has 2 aliphatic carbocycles. The van der Waals surface area contributed by atoms with E-state index in [1.165, 1.54) is 37.7 Å². The minimum Gasteiger partial charge on any atom is -0.463 e. The molecule has 1 heterocycles. The van der Waals surface area contributed by atoms with Crippen LogP contribution in [0.15, 0.2) is 12.2 Å². The number of cyclic esters (lactones) is 1. The first kappa shape index (κ1) is 17.0. The number of aliphatic hydroxyl groups is 1. The predicted molar refractivity (Wildman–Crippen MR) is 90.8 cm³/mol. The Labute approximate surface area is 140 Å². The Morgan fingerprint density at radius 1 is 1.39 bits per heavy atom. The summed E-state index contributed by atoms with van der Waals surface area (Å²) in [5.41, 5.74) is 0.579. The van der Waals surface area contributed by atoms with E-state index in [1.54, 1.807) is 6.92 Å². The molecule has 0 aromatic carbocycles. The molecule has 1 aliphatic heterocycles. The van der Waals surface area contributed by atoms with Gasteiger partial charge in [0.05, 0.1) is 6.61 Å². The van der Waals surface area contributed by atoms with E-state index in [1.807, 2.05) is 0 Å². The highest BCUT2D eigenvalue weighted by Gasteiger charge is 2.51. The Balaban J connectivity index is 1.66. The number of allylic oxidation sites excluding steroid dienone is 1. The zero-order valence-corrected chi connectivity index (χ0v) is 14.9. The fourth-order valence-electron chi connectivity index (χ4n) is 5.99. The van der Waals surface area contributed by atoms with Gasteiger partial charge in [-0.25, -0.2) is 4.79 Å². The van der Waals surface area contributed by atoms with Gasteiger partial charge in [0.15, 0.2) is 5.60 Å². The topological polar surface area (TPSA) is 46.5 Å². The number of carbonyl (C=O) groups is 1. The molecule has 3 aliphatic rings. The van der Waals surface area contributed by atoms with Crippen LogP contribution in [0.1, 0.15) is 65.7 Å². The average Bonchev–Trinajstić information content (AvgIpc) is 2.81. The van der Waals surface area contributed by atoms with Crippen molar-refractivity contribution in [2.75, 3.05) is 6.61 Å².